The first-order valence-corrected chi connectivity index (χ1v) is 6.44. The number of hydrogen-bond donors (Lipinski definition) is 1. The monoisotopic (exact) mass is 266 g/mol. The van der Waals surface area contributed by atoms with Crippen LogP contribution in [0.5, 0.6) is 0 Å². The summed E-state index contributed by atoms with van der Waals surface area (Å²) < 4.78 is 24.6. The molecule has 0 radical (unpaired) electrons. The van der Waals surface area contributed by atoms with Crippen molar-refractivity contribution in [2.24, 2.45) is 0 Å². The quantitative estimate of drug-likeness (QED) is 0.646. The molecular weight excluding hydrogens is 242 g/mol. The first-order valence-electron chi connectivity index (χ1n) is 6.44. The summed E-state index contributed by atoms with van der Waals surface area (Å²) in [6, 6.07) is 0. The molecule has 0 rings (SSSR count). The zero-order chi connectivity index (χ0) is 14.0. The van der Waals surface area contributed by atoms with E-state index < -0.39 is 13.0 Å². The molecule has 108 valence electrons. The second kappa shape index (κ2) is 10.2. The lowest BCUT2D eigenvalue weighted by atomic mass is 10.3. The molecule has 0 fully saturated rings. The number of carbonyl (C=O) groups excluding carboxylic acids is 1. The largest absolute Gasteiger partial charge is 0.395 e. The molecule has 0 atom stereocenters. The van der Waals surface area contributed by atoms with Crippen LogP contribution in [0.1, 0.15) is 26.7 Å². The maximum Gasteiger partial charge on any atom is 0.251 e. The number of alkyl halides is 2. The van der Waals surface area contributed by atoms with Gasteiger partial charge in [-0.3, -0.25) is 9.69 Å². The first-order chi connectivity index (χ1) is 8.54. The predicted octanol–water partition coefficient (Wildman–Crippen LogP) is 1.19. The smallest absolute Gasteiger partial charge is 0.251 e. The maximum atomic E-state index is 12.3. The Kier molecular flexibility index (Phi) is 9.77. The van der Waals surface area contributed by atoms with E-state index in [4.69, 9.17) is 5.11 Å². The molecule has 0 bridgehead atoms. The van der Waals surface area contributed by atoms with Crippen molar-refractivity contribution in [2.75, 3.05) is 39.3 Å². The molecule has 0 aliphatic carbocycles. The van der Waals surface area contributed by atoms with Crippen LogP contribution >= 0.6 is 0 Å². The predicted molar refractivity (Wildman–Crippen MR) is 66.7 cm³/mol. The van der Waals surface area contributed by atoms with Gasteiger partial charge in [-0.2, -0.15) is 0 Å². The van der Waals surface area contributed by atoms with Gasteiger partial charge in [0.25, 0.3) is 6.43 Å². The lowest BCUT2D eigenvalue weighted by molar-refractivity contribution is -0.133. The van der Waals surface area contributed by atoms with Crippen molar-refractivity contribution < 1.29 is 18.7 Å². The van der Waals surface area contributed by atoms with Crippen LogP contribution in [0.3, 0.4) is 0 Å². The standard InChI is InChI=1S/C12H24F2N2O2/c1-3-5-16(6-4-2)12(18)10-15(7-8-17)9-11(13)14/h11,17H,3-10H2,1-2H3. The molecule has 0 aliphatic rings. The highest BCUT2D eigenvalue weighted by Crippen LogP contribution is 2.01. The van der Waals surface area contributed by atoms with Crippen LogP contribution in [0.15, 0.2) is 0 Å². The normalized spacial score (nSPS) is 11.3. The molecule has 0 unspecified atom stereocenters. The molecule has 4 nitrogen and oxygen atoms in total. The Morgan fingerprint density at radius 2 is 1.72 bits per heavy atom. The van der Waals surface area contributed by atoms with E-state index in [9.17, 15) is 13.6 Å². The summed E-state index contributed by atoms with van der Waals surface area (Å²) in [6.45, 7) is 4.59. The number of aliphatic hydroxyl groups is 1. The van der Waals surface area contributed by atoms with E-state index in [-0.39, 0.29) is 25.6 Å². The van der Waals surface area contributed by atoms with Crippen LogP contribution in [-0.2, 0) is 4.79 Å². The van der Waals surface area contributed by atoms with Crippen LogP contribution in [0.4, 0.5) is 8.78 Å². The molecule has 0 saturated heterocycles. The van der Waals surface area contributed by atoms with E-state index in [2.05, 4.69) is 0 Å². The molecule has 6 heteroatoms. The fourth-order valence-electron chi connectivity index (χ4n) is 1.76. The molecular formula is C12H24F2N2O2. The third-order valence-corrected chi connectivity index (χ3v) is 2.51. The highest BCUT2D eigenvalue weighted by atomic mass is 19.3. The number of aliphatic hydroxyl groups excluding tert-OH is 1. The van der Waals surface area contributed by atoms with Gasteiger partial charge in [0, 0.05) is 19.6 Å². The number of halogens is 2. The minimum absolute atomic E-state index is 0.0507. The average Bonchev–Trinajstić information content (AvgIpc) is 2.28. The first kappa shape index (κ1) is 17.2. The minimum Gasteiger partial charge on any atom is -0.395 e. The van der Waals surface area contributed by atoms with Crippen molar-refractivity contribution in [1.29, 1.82) is 0 Å². The lowest BCUT2D eigenvalue weighted by Crippen LogP contribution is -2.43. The summed E-state index contributed by atoms with van der Waals surface area (Å²) in [5.41, 5.74) is 0. The van der Waals surface area contributed by atoms with E-state index in [1.807, 2.05) is 13.8 Å². The molecule has 0 aromatic rings. The van der Waals surface area contributed by atoms with E-state index in [1.165, 1.54) is 4.90 Å². The summed E-state index contributed by atoms with van der Waals surface area (Å²) >= 11 is 0. The fourth-order valence-corrected chi connectivity index (χ4v) is 1.76. The number of amides is 1. The second-order valence-corrected chi connectivity index (χ2v) is 4.23. The van der Waals surface area contributed by atoms with Crippen LogP contribution in [0.2, 0.25) is 0 Å². The van der Waals surface area contributed by atoms with Crippen molar-refractivity contribution >= 4 is 5.91 Å². The molecule has 0 aliphatic heterocycles. The maximum absolute atomic E-state index is 12.3. The van der Waals surface area contributed by atoms with Gasteiger partial charge in [0.15, 0.2) is 0 Å². The van der Waals surface area contributed by atoms with Gasteiger partial charge in [-0.15, -0.1) is 0 Å². The second-order valence-electron chi connectivity index (χ2n) is 4.23. The minimum atomic E-state index is -2.49. The molecule has 0 heterocycles. The summed E-state index contributed by atoms with van der Waals surface area (Å²) in [5, 5.41) is 8.80. The molecule has 0 aromatic heterocycles. The summed E-state index contributed by atoms with van der Waals surface area (Å²) in [6.07, 6.45) is -0.795. The lowest BCUT2D eigenvalue weighted by Gasteiger charge is -2.26. The molecule has 0 spiro atoms. The van der Waals surface area contributed by atoms with Gasteiger partial charge in [-0.1, -0.05) is 13.8 Å². The van der Waals surface area contributed by atoms with Crippen LogP contribution in [0, 0.1) is 0 Å². The van der Waals surface area contributed by atoms with Crippen molar-refractivity contribution in [1.82, 2.24) is 9.80 Å². The summed E-state index contributed by atoms with van der Waals surface area (Å²) in [4.78, 5) is 14.9. The van der Waals surface area contributed by atoms with Crippen LogP contribution in [0.25, 0.3) is 0 Å². The Morgan fingerprint density at radius 1 is 1.17 bits per heavy atom. The van der Waals surface area contributed by atoms with Crippen molar-refractivity contribution in [3.05, 3.63) is 0 Å². The highest BCUT2D eigenvalue weighted by molar-refractivity contribution is 5.78. The van der Waals surface area contributed by atoms with E-state index >= 15 is 0 Å². The summed E-state index contributed by atoms with van der Waals surface area (Å²) in [7, 11) is 0. The zero-order valence-electron chi connectivity index (χ0n) is 11.2. The van der Waals surface area contributed by atoms with E-state index in [0.29, 0.717) is 13.1 Å². The Balaban J connectivity index is 4.34. The number of rotatable bonds is 10. The molecule has 0 aromatic carbocycles. The molecule has 1 N–H and O–H groups in total. The Hall–Kier alpha value is -0.750. The van der Waals surface area contributed by atoms with Gasteiger partial charge >= 0.3 is 0 Å². The molecule has 0 saturated carbocycles. The number of nitrogens with zero attached hydrogens (tertiary/aromatic N) is 2. The third kappa shape index (κ3) is 7.55. The molecule has 18 heavy (non-hydrogen) atoms. The van der Waals surface area contributed by atoms with Gasteiger partial charge < -0.3 is 10.0 Å². The Labute approximate surface area is 108 Å². The SMILES string of the molecule is CCCN(CCC)C(=O)CN(CCO)CC(F)F. The van der Waals surface area contributed by atoms with Crippen molar-refractivity contribution in [3.8, 4) is 0 Å². The molecule has 1 amide bonds. The van der Waals surface area contributed by atoms with Gasteiger partial charge in [0.1, 0.15) is 0 Å². The van der Waals surface area contributed by atoms with Crippen LogP contribution in [-0.4, -0.2) is 66.6 Å². The van der Waals surface area contributed by atoms with Gasteiger partial charge in [0.2, 0.25) is 5.91 Å². The topological polar surface area (TPSA) is 43.8 Å². The Morgan fingerprint density at radius 3 is 2.11 bits per heavy atom. The summed E-state index contributed by atoms with van der Waals surface area (Å²) in [5.74, 6) is -0.146. The van der Waals surface area contributed by atoms with Crippen LogP contribution < -0.4 is 0 Å². The van der Waals surface area contributed by atoms with E-state index in [1.54, 1.807) is 4.90 Å². The number of carbonyl (C=O) groups is 1. The van der Waals surface area contributed by atoms with Crippen molar-refractivity contribution in [2.45, 2.75) is 33.1 Å². The highest BCUT2D eigenvalue weighted by Gasteiger charge is 2.18. The Bertz CT molecular complexity index is 222. The van der Waals surface area contributed by atoms with Gasteiger partial charge in [0.05, 0.1) is 19.7 Å². The van der Waals surface area contributed by atoms with Gasteiger partial charge in [-0.05, 0) is 12.8 Å². The van der Waals surface area contributed by atoms with Crippen molar-refractivity contribution in [3.63, 3.8) is 0 Å². The van der Waals surface area contributed by atoms with Gasteiger partial charge in [-0.25, -0.2) is 8.78 Å². The third-order valence-electron chi connectivity index (χ3n) is 2.51. The average molecular weight is 266 g/mol. The number of hydrogen-bond acceptors (Lipinski definition) is 3. The zero-order valence-corrected chi connectivity index (χ0v) is 11.2. The van der Waals surface area contributed by atoms with E-state index in [0.717, 1.165) is 12.8 Å². The fraction of sp³-hybridized carbons (Fsp3) is 0.917.